The van der Waals surface area contributed by atoms with Crippen molar-refractivity contribution in [3.8, 4) is 5.88 Å². The largest absolute Gasteiger partial charge is 0.477 e. The van der Waals surface area contributed by atoms with Crippen LogP contribution in [-0.4, -0.2) is 22.7 Å². The fourth-order valence-corrected chi connectivity index (χ4v) is 1.09. The second-order valence-electron chi connectivity index (χ2n) is 2.79. The Bertz CT molecular complexity index is 336. The molecule has 14 heavy (non-hydrogen) atoms. The Hall–Kier alpha value is -1.58. The molecular formula is C10H13NO3. The molecule has 1 aromatic rings. The smallest absolute Gasteiger partial charge is 0.341 e. The van der Waals surface area contributed by atoms with E-state index in [1.807, 2.05) is 6.92 Å². The molecule has 1 aromatic heterocycles. The second kappa shape index (κ2) is 4.60. The summed E-state index contributed by atoms with van der Waals surface area (Å²) in [6.45, 7) is 4.16. The first-order valence-electron chi connectivity index (χ1n) is 4.54. The molecule has 0 aromatic carbocycles. The summed E-state index contributed by atoms with van der Waals surface area (Å²) in [6, 6.07) is 1.60. The van der Waals surface area contributed by atoms with Crippen molar-refractivity contribution >= 4 is 5.97 Å². The van der Waals surface area contributed by atoms with Crippen molar-refractivity contribution in [1.82, 2.24) is 4.98 Å². The number of aromatic carboxylic acids is 1. The van der Waals surface area contributed by atoms with Gasteiger partial charge in [-0.25, -0.2) is 9.78 Å². The summed E-state index contributed by atoms with van der Waals surface area (Å²) >= 11 is 0. The van der Waals surface area contributed by atoms with Crippen LogP contribution in [0.5, 0.6) is 5.88 Å². The summed E-state index contributed by atoms with van der Waals surface area (Å²) in [4.78, 5) is 14.8. The van der Waals surface area contributed by atoms with Crippen LogP contribution in [0.1, 0.15) is 29.8 Å². The maximum atomic E-state index is 10.8. The first kappa shape index (κ1) is 10.5. The van der Waals surface area contributed by atoms with E-state index in [9.17, 15) is 4.79 Å². The average Bonchev–Trinajstić information content (AvgIpc) is 2.18. The molecule has 76 valence electrons. The molecule has 0 radical (unpaired) electrons. The van der Waals surface area contributed by atoms with Crippen LogP contribution in [-0.2, 0) is 6.42 Å². The van der Waals surface area contributed by atoms with Crippen molar-refractivity contribution in [3.05, 3.63) is 23.4 Å². The van der Waals surface area contributed by atoms with Gasteiger partial charge in [-0.1, -0.05) is 6.92 Å². The van der Waals surface area contributed by atoms with Gasteiger partial charge in [0.1, 0.15) is 5.56 Å². The monoisotopic (exact) mass is 195 g/mol. The van der Waals surface area contributed by atoms with Crippen LogP contribution >= 0.6 is 0 Å². The molecule has 0 saturated heterocycles. The Morgan fingerprint density at radius 2 is 2.29 bits per heavy atom. The third-order valence-electron chi connectivity index (χ3n) is 1.83. The van der Waals surface area contributed by atoms with E-state index in [0.717, 1.165) is 12.0 Å². The van der Waals surface area contributed by atoms with Gasteiger partial charge in [0.05, 0.1) is 6.61 Å². The van der Waals surface area contributed by atoms with Crippen molar-refractivity contribution in [2.45, 2.75) is 20.3 Å². The van der Waals surface area contributed by atoms with Crippen molar-refractivity contribution < 1.29 is 14.6 Å². The number of rotatable bonds is 4. The summed E-state index contributed by atoms with van der Waals surface area (Å²) in [5.41, 5.74) is 1.03. The number of ether oxygens (including phenoxy) is 1. The maximum Gasteiger partial charge on any atom is 0.341 e. The summed E-state index contributed by atoms with van der Waals surface area (Å²) in [6.07, 6.45) is 2.40. The molecule has 0 saturated carbocycles. The third-order valence-corrected chi connectivity index (χ3v) is 1.83. The van der Waals surface area contributed by atoms with Gasteiger partial charge in [-0.3, -0.25) is 0 Å². The number of nitrogens with zero attached hydrogens (tertiary/aromatic N) is 1. The highest BCUT2D eigenvalue weighted by Gasteiger charge is 2.12. The van der Waals surface area contributed by atoms with E-state index >= 15 is 0 Å². The van der Waals surface area contributed by atoms with Crippen LogP contribution in [0.2, 0.25) is 0 Å². The van der Waals surface area contributed by atoms with Crippen molar-refractivity contribution in [3.63, 3.8) is 0 Å². The highest BCUT2D eigenvalue weighted by Crippen LogP contribution is 2.16. The Morgan fingerprint density at radius 1 is 1.57 bits per heavy atom. The number of aromatic nitrogens is 1. The van der Waals surface area contributed by atoms with Crippen molar-refractivity contribution in [2.24, 2.45) is 0 Å². The van der Waals surface area contributed by atoms with Gasteiger partial charge in [-0.05, 0) is 25.0 Å². The SMILES string of the molecule is CCOc1ncc(CC)cc1C(=O)O. The molecule has 1 rings (SSSR count). The molecule has 1 N–H and O–H groups in total. The molecule has 4 heteroatoms. The lowest BCUT2D eigenvalue weighted by Gasteiger charge is -2.06. The fraction of sp³-hybridized carbons (Fsp3) is 0.400. The van der Waals surface area contributed by atoms with E-state index in [1.165, 1.54) is 0 Å². The number of hydrogen-bond acceptors (Lipinski definition) is 3. The topological polar surface area (TPSA) is 59.4 Å². The van der Waals surface area contributed by atoms with Gasteiger partial charge in [0.25, 0.3) is 0 Å². The average molecular weight is 195 g/mol. The van der Waals surface area contributed by atoms with Crippen LogP contribution < -0.4 is 4.74 Å². The molecule has 0 bridgehead atoms. The standard InChI is InChI=1S/C10H13NO3/c1-3-7-5-8(10(12)13)9(11-6-7)14-4-2/h5-6H,3-4H2,1-2H3,(H,12,13). The molecule has 1 heterocycles. The van der Waals surface area contributed by atoms with Crippen molar-refractivity contribution in [1.29, 1.82) is 0 Å². The first-order valence-corrected chi connectivity index (χ1v) is 4.54. The number of carboxylic acids is 1. The zero-order valence-electron chi connectivity index (χ0n) is 8.28. The predicted molar refractivity (Wildman–Crippen MR) is 51.7 cm³/mol. The summed E-state index contributed by atoms with van der Waals surface area (Å²) in [5, 5.41) is 8.89. The lowest BCUT2D eigenvalue weighted by atomic mass is 10.1. The molecule has 0 atom stereocenters. The molecule has 0 amide bonds. The van der Waals surface area contributed by atoms with Crippen molar-refractivity contribution in [2.75, 3.05) is 6.61 Å². The summed E-state index contributed by atoms with van der Waals surface area (Å²) < 4.78 is 5.11. The molecule has 0 aliphatic heterocycles. The predicted octanol–water partition coefficient (Wildman–Crippen LogP) is 1.74. The second-order valence-corrected chi connectivity index (χ2v) is 2.79. The van der Waals surface area contributed by atoms with Gasteiger partial charge >= 0.3 is 5.97 Å². The zero-order valence-corrected chi connectivity index (χ0v) is 8.28. The van der Waals surface area contributed by atoms with Crippen LogP contribution in [0.4, 0.5) is 0 Å². The maximum absolute atomic E-state index is 10.8. The molecule has 0 unspecified atom stereocenters. The minimum Gasteiger partial charge on any atom is -0.477 e. The Morgan fingerprint density at radius 3 is 2.79 bits per heavy atom. The Balaban J connectivity index is 3.10. The molecule has 0 fully saturated rings. The number of carbonyl (C=O) groups is 1. The molecule has 0 aliphatic carbocycles. The highest BCUT2D eigenvalue weighted by atomic mass is 16.5. The molecule has 0 aliphatic rings. The van der Waals surface area contributed by atoms with Gasteiger partial charge < -0.3 is 9.84 Å². The summed E-state index contributed by atoms with van der Waals surface area (Å²) in [5.74, 6) is -0.812. The molecule has 4 nitrogen and oxygen atoms in total. The van der Waals surface area contributed by atoms with Gasteiger partial charge in [-0.2, -0.15) is 0 Å². The Kier molecular flexibility index (Phi) is 3.45. The third kappa shape index (κ3) is 2.22. The van der Waals surface area contributed by atoms with E-state index in [4.69, 9.17) is 9.84 Å². The first-order chi connectivity index (χ1) is 6.69. The Labute approximate surface area is 82.5 Å². The number of pyridine rings is 1. The molecule has 0 spiro atoms. The van der Waals surface area contributed by atoms with Crippen LogP contribution in [0.25, 0.3) is 0 Å². The van der Waals surface area contributed by atoms with Crippen LogP contribution in [0, 0.1) is 0 Å². The van der Waals surface area contributed by atoms with Crippen LogP contribution in [0.3, 0.4) is 0 Å². The molecular weight excluding hydrogens is 182 g/mol. The minimum atomic E-state index is -1.00. The number of hydrogen-bond donors (Lipinski definition) is 1. The zero-order chi connectivity index (χ0) is 10.6. The number of carboxylic acid groups (broad SMARTS) is 1. The lowest BCUT2D eigenvalue weighted by Crippen LogP contribution is -2.05. The normalized spacial score (nSPS) is 9.86. The summed E-state index contributed by atoms with van der Waals surface area (Å²) in [7, 11) is 0. The van der Waals surface area contributed by atoms with Gasteiger partial charge in [0.15, 0.2) is 0 Å². The van der Waals surface area contributed by atoms with E-state index in [-0.39, 0.29) is 11.4 Å². The van der Waals surface area contributed by atoms with Gasteiger partial charge in [-0.15, -0.1) is 0 Å². The van der Waals surface area contributed by atoms with E-state index in [2.05, 4.69) is 4.98 Å². The van der Waals surface area contributed by atoms with Gasteiger partial charge in [0, 0.05) is 6.20 Å². The van der Waals surface area contributed by atoms with Gasteiger partial charge in [0.2, 0.25) is 5.88 Å². The van der Waals surface area contributed by atoms with E-state index < -0.39 is 5.97 Å². The highest BCUT2D eigenvalue weighted by molar-refractivity contribution is 5.90. The van der Waals surface area contributed by atoms with E-state index in [0.29, 0.717) is 6.61 Å². The lowest BCUT2D eigenvalue weighted by molar-refractivity contribution is 0.0691. The van der Waals surface area contributed by atoms with E-state index in [1.54, 1.807) is 19.2 Å². The fourth-order valence-electron chi connectivity index (χ4n) is 1.09. The quantitative estimate of drug-likeness (QED) is 0.795. The number of aryl methyl sites for hydroxylation is 1. The minimum absolute atomic E-state index is 0.131. The van der Waals surface area contributed by atoms with Crippen LogP contribution in [0.15, 0.2) is 12.3 Å².